The normalized spacial score (nSPS) is 15.2. The summed E-state index contributed by atoms with van der Waals surface area (Å²) in [5, 5.41) is 5.01. The summed E-state index contributed by atoms with van der Waals surface area (Å²) in [5.74, 6) is 0.821. The Hall–Kier alpha value is -4.66. The van der Waals surface area contributed by atoms with Crippen LogP contribution in [0.25, 0.3) is 16.8 Å². The van der Waals surface area contributed by atoms with Crippen molar-refractivity contribution in [1.82, 2.24) is 10.8 Å². The Morgan fingerprint density at radius 3 is 2.48 bits per heavy atom. The zero-order chi connectivity index (χ0) is 29.1. The summed E-state index contributed by atoms with van der Waals surface area (Å²) in [6.07, 6.45) is 4.08. The van der Waals surface area contributed by atoms with Crippen LogP contribution in [-0.4, -0.2) is 38.4 Å². The molecule has 216 valence electrons. The summed E-state index contributed by atoms with van der Waals surface area (Å²) in [7, 11) is 1.61. The number of benzene rings is 4. The fraction of sp³-hybridized carbons (Fsp3) is 0.235. The molecule has 1 saturated heterocycles. The molecule has 2 N–H and O–H groups in total. The highest BCUT2D eigenvalue weighted by Gasteiger charge is 2.17. The second-order valence-corrected chi connectivity index (χ2v) is 9.93. The minimum atomic E-state index is -0.425. The number of carbonyl (C=O) groups excluding carboxylic acids is 2. The van der Waals surface area contributed by atoms with Crippen LogP contribution in [0.4, 0.5) is 0 Å². The van der Waals surface area contributed by atoms with Crippen molar-refractivity contribution < 1.29 is 28.6 Å². The molecular formula is C34H34N2O6. The van der Waals surface area contributed by atoms with Crippen LogP contribution >= 0.6 is 0 Å². The molecule has 0 spiro atoms. The molecule has 1 aliphatic heterocycles. The van der Waals surface area contributed by atoms with Gasteiger partial charge in [0.2, 0.25) is 0 Å². The number of hydrogen-bond donors (Lipinski definition) is 2. The molecule has 1 unspecified atom stereocenters. The Morgan fingerprint density at radius 2 is 1.71 bits per heavy atom. The van der Waals surface area contributed by atoms with E-state index in [1.165, 1.54) is 0 Å². The third-order valence-corrected chi connectivity index (χ3v) is 6.97. The van der Waals surface area contributed by atoms with E-state index in [9.17, 15) is 9.59 Å². The van der Waals surface area contributed by atoms with Crippen molar-refractivity contribution >= 4 is 28.7 Å². The molecule has 0 saturated carbocycles. The zero-order valence-electron chi connectivity index (χ0n) is 23.5. The number of carbonyl (C=O) groups is 2. The first-order valence-corrected chi connectivity index (χ1v) is 14.0. The molecule has 1 atom stereocenters. The largest absolute Gasteiger partial charge is 0.497 e. The summed E-state index contributed by atoms with van der Waals surface area (Å²) < 4.78 is 16.9. The first-order valence-electron chi connectivity index (χ1n) is 14.0. The monoisotopic (exact) mass is 566 g/mol. The van der Waals surface area contributed by atoms with Gasteiger partial charge >= 0.3 is 0 Å². The number of hydrogen-bond acceptors (Lipinski definition) is 6. The molecule has 8 nitrogen and oxygen atoms in total. The molecule has 1 aliphatic rings. The average molecular weight is 567 g/mol. The van der Waals surface area contributed by atoms with Gasteiger partial charge in [0.1, 0.15) is 18.1 Å². The second kappa shape index (κ2) is 14.3. The van der Waals surface area contributed by atoms with E-state index in [4.69, 9.17) is 19.0 Å². The lowest BCUT2D eigenvalue weighted by atomic mass is 10.1. The number of fused-ring (bicyclic) bond motifs is 1. The molecule has 8 heteroatoms. The van der Waals surface area contributed by atoms with E-state index in [0.717, 1.165) is 46.9 Å². The maximum atomic E-state index is 13.4. The molecule has 0 aromatic heterocycles. The SMILES string of the molecule is COc1ccc(CNC(=O)/C(=C/c2ccc(C(=O)NOC3CCCCO3)cc2)COc2cccc3ccccc23)cc1. The number of rotatable bonds is 11. The third-order valence-electron chi connectivity index (χ3n) is 6.97. The number of ether oxygens (including phenoxy) is 3. The smallest absolute Gasteiger partial charge is 0.274 e. The summed E-state index contributed by atoms with van der Waals surface area (Å²) in [4.78, 5) is 31.3. The summed E-state index contributed by atoms with van der Waals surface area (Å²) in [6, 6.07) is 28.2. The second-order valence-electron chi connectivity index (χ2n) is 9.93. The van der Waals surface area contributed by atoms with Gasteiger partial charge in [0.25, 0.3) is 11.8 Å². The van der Waals surface area contributed by atoms with Crippen molar-refractivity contribution in [3.05, 3.63) is 113 Å². The molecule has 2 amide bonds. The van der Waals surface area contributed by atoms with Crippen LogP contribution in [0.5, 0.6) is 11.5 Å². The van der Waals surface area contributed by atoms with Crippen LogP contribution in [0.2, 0.25) is 0 Å². The van der Waals surface area contributed by atoms with E-state index in [1.54, 1.807) is 37.5 Å². The molecule has 0 radical (unpaired) electrons. The van der Waals surface area contributed by atoms with Gasteiger partial charge in [0.05, 0.1) is 12.7 Å². The highest BCUT2D eigenvalue weighted by molar-refractivity contribution is 5.98. The summed E-state index contributed by atoms with van der Waals surface area (Å²) >= 11 is 0. The zero-order valence-corrected chi connectivity index (χ0v) is 23.5. The van der Waals surface area contributed by atoms with Crippen molar-refractivity contribution in [1.29, 1.82) is 0 Å². The predicted octanol–water partition coefficient (Wildman–Crippen LogP) is 5.82. The van der Waals surface area contributed by atoms with E-state index in [-0.39, 0.29) is 18.4 Å². The van der Waals surface area contributed by atoms with Gasteiger partial charge in [0.15, 0.2) is 6.29 Å². The maximum absolute atomic E-state index is 13.4. The van der Waals surface area contributed by atoms with Crippen LogP contribution < -0.4 is 20.3 Å². The quantitative estimate of drug-likeness (QED) is 0.176. The van der Waals surface area contributed by atoms with Crippen molar-refractivity contribution in [2.45, 2.75) is 32.1 Å². The van der Waals surface area contributed by atoms with Crippen molar-refractivity contribution in [2.24, 2.45) is 0 Å². The molecule has 0 aliphatic carbocycles. The minimum absolute atomic E-state index is 0.0555. The minimum Gasteiger partial charge on any atom is -0.497 e. The molecule has 4 aromatic carbocycles. The highest BCUT2D eigenvalue weighted by atomic mass is 16.8. The fourth-order valence-electron chi connectivity index (χ4n) is 4.60. The van der Waals surface area contributed by atoms with E-state index in [2.05, 4.69) is 10.8 Å². The van der Waals surface area contributed by atoms with Crippen molar-refractivity contribution in [3.8, 4) is 11.5 Å². The topological polar surface area (TPSA) is 95.1 Å². The molecule has 0 bridgehead atoms. The highest BCUT2D eigenvalue weighted by Crippen LogP contribution is 2.26. The summed E-state index contributed by atoms with van der Waals surface area (Å²) in [5.41, 5.74) is 5.02. The number of methoxy groups -OCH3 is 1. The van der Waals surface area contributed by atoms with E-state index < -0.39 is 6.29 Å². The molecule has 1 fully saturated rings. The Kier molecular flexibility index (Phi) is 9.82. The van der Waals surface area contributed by atoms with Crippen LogP contribution in [0.1, 0.15) is 40.7 Å². The summed E-state index contributed by atoms with van der Waals surface area (Å²) in [6.45, 7) is 1.03. The van der Waals surface area contributed by atoms with Gasteiger partial charge in [-0.3, -0.25) is 9.59 Å². The van der Waals surface area contributed by atoms with Crippen LogP contribution in [0.3, 0.4) is 0 Å². The third kappa shape index (κ3) is 7.75. The first-order chi connectivity index (χ1) is 20.6. The van der Waals surface area contributed by atoms with Crippen molar-refractivity contribution in [2.75, 3.05) is 20.3 Å². The Bertz CT molecular complexity index is 1520. The Morgan fingerprint density at radius 1 is 0.929 bits per heavy atom. The van der Waals surface area contributed by atoms with Crippen LogP contribution in [-0.2, 0) is 20.9 Å². The molecule has 1 heterocycles. The lowest BCUT2D eigenvalue weighted by Crippen LogP contribution is -2.33. The Labute approximate surface area is 245 Å². The maximum Gasteiger partial charge on any atom is 0.274 e. The molecular weight excluding hydrogens is 532 g/mol. The van der Waals surface area contributed by atoms with Crippen LogP contribution in [0, 0.1) is 0 Å². The molecule has 42 heavy (non-hydrogen) atoms. The van der Waals surface area contributed by atoms with Gasteiger partial charge in [-0.05, 0) is 65.8 Å². The molecule has 5 rings (SSSR count). The standard InChI is InChI=1S/C34H34N2O6/c1-39-29-18-14-25(15-19-29)22-35-33(37)28(23-41-31-10-6-8-26-7-2-3-9-30(26)31)21-24-12-16-27(17-13-24)34(38)36-42-32-11-4-5-20-40-32/h2-3,6-10,12-19,21,32H,4-5,11,20,22-23H2,1H3,(H,35,37)(H,36,38)/b28-21+. The van der Waals surface area contributed by atoms with Gasteiger partial charge in [0, 0.05) is 30.5 Å². The number of hydroxylamine groups is 1. The Balaban J connectivity index is 1.29. The van der Waals surface area contributed by atoms with Gasteiger partial charge in [-0.15, -0.1) is 0 Å². The van der Waals surface area contributed by atoms with Gasteiger partial charge in [-0.2, -0.15) is 0 Å². The van der Waals surface area contributed by atoms with E-state index in [1.807, 2.05) is 66.7 Å². The number of amides is 2. The lowest BCUT2D eigenvalue weighted by Gasteiger charge is -2.22. The first kappa shape index (κ1) is 28.9. The number of nitrogens with one attached hydrogen (secondary N) is 2. The predicted molar refractivity (Wildman–Crippen MR) is 161 cm³/mol. The fourth-order valence-corrected chi connectivity index (χ4v) is 4.60. The van der Waals surface area contributed by atoms with Gasteiger partial charge in [-0.25, -0.2) is 10.3 Å². The van der Waals surface area contributed by atoms with Crippen molar-refractivity contribution in [3.63, 3.8) is 0 Å². The van der Waals surface area contributed by atoms with E-state index in [0.29, 0.717) is 30.0 Å². The van der Waals surface area contributed by atoms with Crippen LogP contribution in [0.15, 0.2) is 96.6 Å². The van der Waals surface area contributed by atoms with Gasteiger partial charge < -0.3 is 19.5 Å². The lowest BCUT2D eigenvalue weighted by molar-refractivity contribution is -0.186. The van der Waals surface area contributed by atoms with Gasteiger partial charge in [-0.1, -0.05) is 60.7 Å². The molecule has 4 aromatic rings. The average Bonchev–Trinajstić information content (AvgIpc) is 3.05. The van der Waals surface area contributed by atoms with E-state index >= 15 is 0 Å².